The van der Waals surface area contributed by atoms with Crippen molar-refractivity contribution in [3.05, 3.63) is 53.9 Å². The van der Waals surface area contributed by atoms with Crippen LogP contribution in [0.1, 0.15) is 28.7 Å². The minimum atomic E-state index is -3.79. The number of ether oxygens (including phenoxy) is 1. The molecule has 1 heterocycles. The highest BCUT2D eigenvalue weighted by Crippen LogP contribution is 2.19. The van der Waals surface area contributed by atoms with Crippen molar-refractivity contribution in [2.24, 2.45) is 7.05 Å². The molecule has 1 atom stereocenters. The van der Waals surface area contributed by atoms with Gasteiger partial charge < -0.3 is 10.1 Å². The van der Waals surface area contributed by atoms with Gasteiger partial charge in [0.15, 0.2) is 6.10 Å². The van der Waals surface area contributed by atoms with Gasteiger partial charge in [-0.05, 0) is 39.0 Å². The number of hydrogen-bond acceptors (Lipinski definition) is 6. The first kappa shape index (κ1) is 22.3. The van der Waals surface area contributed by atoms with E-state index in [1.165, 1.54) is 37.3 Å². The van der Waals surface area contributed by atoms with Crippen LogP contribution in [0.25, 0.3) is 0 Å². The first-order valence-electron chi connectivity index (χ1n) is 8.79. The molecule has 0 radical (unpaired) electrons. The zero-order valence-corrected chi connectivity index (χ0v) is 17.5. The molecule has 1 amide bonds. The molecule has 1 aromatic carbocycles. The standard InChI is InChI=1S/C19H24N4O5S/c1-6-10-20-29(26,27)16-9-7-8-15(11-16)19(25)28-14(4)18(24)21-17-12(2)22-23(5)13(17)3/h6-9,11,14,20H,1,10H2,2-5H3,(H,21,24)/t14-/m0/s1. The van der Waals surface area contributed by atoms with Crippen LogP contribution in [0.15, 0.2) is 41.8 Å². The number of hydrogen-bond donors (Lipinski definition) is 2. The fourth-order valence-corrected chi connectivity index (χ4v) is 3.55. The number of nitrogens with zero attached hydrogens (tertiary/aromatic N) is 2. The Kier molecular flexibility index (Phi) is 6.93. The first-order chi connectivity index (χ1) is 13.6. The number of anilines is 1. The molecule has 0 aliphatic heterocycles. The number of carbonyl (C=O) groups is 2. The highest BCUT2D eigenvalue weighted by Gasteiger charge is 2.23. The molecular weight excluding hydrogens is 396 g/mol. The van der Waals surface area contributed by atoms with Crippen molar-refractivity contribution in [3.8, 4) is 0 Å². The van der Waals surface area contributed by atoms with Crippen molar-refractivity contribution >= 4 is 27.6 Å². The van der Waals surface area contributed by atoms with E-state index in [9.17, 15) is 18.0 Å². The van der Waals surface area contributed by atoms with Gasteiger partial charge in [-0.3, -0.25) is 9.48 Å². The van der Waals surface area contributed by atoms with Crippen molar-refractivity contribution in [1.82, 2.24) is 14.5 Å². The Morgan fingerprint density at radius 3 is 2.62 bits per heavy atom. The SMILES string of the molecule is C=CCNS(=O)(=O)c1cccc(C(=O)O[C@@H](C)C(=O)Nc2c(C)nn(C)c2C)c1. The summed E-state index contributed by atoms with van der Waals surface area (Å²) in [6, 6.07) is 5.38. The number of benzene rings is 1. The fourth-order valence-electron chi connectivity index (χ4n) is 2.50. The van der Waals surface area contributed by atoms with E-state index in [0.717, 1.165) is 5.69 Å². The van der Waals surface area contributed by atoms with Crippen LogP contribution in [0.2, 0.25) is 0 Å². The van der Waals surface area contributed by atoms with E-state index in [0.29, 0.717) is 11.4 Å². The number of nitrogens with one attached hydrogen (secondary N) is 2. The molecule has 0 saturated heterocycles. The van der Waals surface area contributed by atoms with Crippen LogP contribution in [-0.4, -0.2) is 42.7 Å². The lowest BCUT2D eigenvalue weighted by Gasteiger charge is -2.14. The van der Waals surface area contributed by atoms with Crippen LogP contribution < -0.4 is 10.0 Å². The predicted octanol–water partition coefficient (Wildman–Crippen LogP) is 1.69. The lowest BCUT2D eigenvalue weighted by molar-refractivity contribution is -0.123. The Bertz CT molecular complexity index is 1040. The van der Waals surface area contributed by atoms with Crippen molar-refractivity contribution in [2.45, 2.75) is 31.8 Å². The minimum Gasteiger partial charge on any atom is -0.449 e. The molecule has 156 valence electrons. The quantitative estimate of drug-likeness (QED) is 0.495. The van der Waals surface area contributed by atoms with E-state index >= 15 is 0 Å². The lowest BCUT2D eigenvalue weighted by Crippen LogP contribution is -2.30. The number of sulfonamides is 1. The van der Waals surface area contributed by atoms with E-state index in [2.05, 4.69) is 21.7 Å². The Morgan fingerprint density at radius 1 is 1.34 bits per heavy atom. The predicted molar refractivity (Wildman–Crippen MR) is 108 cm³/mol. The number of rotatable bonds is 8. The van der Waals surface area contributed by atoms with Crippen LogP contribution in [0.3, 0.4) is 0 Å². The molecule has 0 bridgehead atoms. The van der Waals surface area contributed by atoms with Crippen LogP contribution >= 0.6 is 0 Å². The third kappa shape index (κ3) is 5.30. The summed E-state index contributed by atoms with van der Waals surface area (Å²) in [5.74, 6) is -1.33. The fraction of sp³-hybridized carbons (Fsp3) is 0.316. The van der Waals surface area contributed by atoms with E-state index in [1.54, 1.807) is 25.6 Å². The van der Waals surface area contributed by atoms with Gasteiger partial charge in [-0.15, -0.1) is 6.58 Å². The largest absolute Gasteiger partial charge is 0.449 e. The summed E-state index contributed by atoms with van der Waals surface area (Å²) in [5, 5.41) is 6.91. The summed E-state index contributed by atoms with van der Waals surface area (Å²) in [4.78, 5) is 24.7. The van der Waals surface area contributed by atoms with Crippen molar-refractivity contribution in [1.29, 1.82) is 0 Å². The Balaban J connectivity index is 2.10. The maximum atomic E-state index is 12.4. The summed E-state index contributed by atoms with van der Waals surface area (Å²) < 4.78 is 33.5. The molecule has 29 heavy (non-hydrogen) atoms. The molecule has 2 N–H and O–H groups in total. The average molecular weight is 420 g/mol. The van der Waals surface area contributed by atoms with Gasteiger partial charge in [0.05, 0.1) is 27.5 Å². The second-order valence-corrected chi connectivity index (χ2v) is 8.14. The molecule has 0 fully saturated rings. The Morgan fingerprint density at radius 2 is 2.03 bits per heavy atom. The molecule has 0 saturated carbocycles. The topological polar surface area (TPSA) is 119 Å². The normalized spacial score (nSPS) is 12.3. The molecular formula is C19H24N4O5S. The maximum Gasteiger partial charge on any atom is 0.338 e. The van der Waals surface area contributed by atoms with Gasteiger partial charge in [-0.25, -0.2) is 17.9 Å². The zero-order valence-electron chi connectivity index (χ0n) is 16.7. The Hall–Kier alpha value is -2.98. The van der Waals surface area contributed by atoms with Crippen LogP contribution in [-0.2, 0) is 26.6 Å². The molecule has 9 nitrogen and oxygen atoms in total. The minimum absolute atomic E-state index is 0.0138. The molecule has 0 spiro atoms. The highest BCUT2D eigenvalue weighted by molar-refractivity contribution is 7.89. The van der Waals surface area contributed by atoms with Gasteiger partial charge in [-0.2, -0.15) is 5.10 Å². The van der Waals surface area contributed by atoms with Gasteiger partial charge in [-0.1, -0.05) is 12.1 Å². The number of carbonyl (C=O) groups excluding carboxylic acids is 2. The van der Waals surface area contributed by atoms with Crippen molar-refractivity contribution in [3.63, 3.8) is 0 Å². The summed E-state index contributed by atoms with van der Waals surface area (Å²) in [5.41, 5.74) is 1.97. The number of esters is 1. The third-order valence-corrected chi connectivity index (χ3v) is 5.63. The van der Waals surface area contributed by atoms with Gasteiger partial charge in [0.1, 0.15) is 0 Å². The van der Waals surface area contributed by atoms with Gasteiger partial charge in [0.25, 0.3) is 5.91 Å². The second-order valence-electron chi connectivity index (χ2n) is 6.37. The van der Waals surface area contributed by atoms with Gasteiger partial charge in [0, 0.05) is 13.6 Å². The average Bonchev–Trinajstić information content (AvgIpc) is 2.92. The molecule has 0 aliphatic carbocycles. The van der Waals surface area contributed by atoms with Crippen molar-refractivity contribution < 1.29 is 22.7 Å². The number of aromatic nitrogens is 2. The van der Waals surface area contributed by atoms with E-state index in [-0.39, 0.29) is 17.0 Å². The second kappa shape index (κ2) is 9.01. The molecule has 10 heteroatoms. The smallest absolute Gasteiger partial charge is 0.338 e. The summed E-state index contributed by atoms with van der Waals surface area (Å²) in [6.45, 7) is 8.50. The summed E-state index contributed by atoms with van der Waals surface area (Å²) in [6.07, 6.45) is 0.308. The molecule has 2 rings (SSSR count). The summed E-state index contributed by atoms with van der Waals surface area (Å²) in [7, 11) is -2.03. The van der Waals surface area contributed by atoms with Crippen LogP contribution in [0.5, 0.6) is 0 Å². The molecule has 0 unspecified atom stereocenters. The van der Waals surface area contributed by atoms with E-state index in [1.807, 2.05) is 0 Å². The van der Waals surface area contributed by atoms with Crippen LogP contribution in [0, 0.1) is 13.8 Å². The highest BCUT2D eigenvalue weighted by atomic mass is 32.2. The van der Waals surface area contributed by atoms with Gasteiger partial charge >= 0.3 is 5.97 Å². The van der Waals surface area contributed by atoms with E-state index < -0.39 is 28.0 Å². The number of aryl methyl sites for hydroxylation is 2. The lowest BCUT2D eigenvalue weighted by atomic mass is 10.2. The first-order valence-corrected chi connectivity index (χ1v) is 10.3. The van der Waals surface area contributed by atoms with Crippen LogP contribution in [0.4, 0.5) is 5.69 Å². The monoisotopic (exact) mass is 420 g/mol. The third-order valence-electron chi connectivity index (χ3n) is 4.21. The van der Waals surface area contributed by atoms with Gasteiger partial charge in [0.2, 0.25) is 10.0 Å². The Labute approximate surface area is 169 Å². The molecule has 0 aliphatic rings. The zero-order chi connectivity index (χ0) is 21.8. The number of amides is 1. The van der Waals surface area contributed by atoms with E-state index in [4.69, 9.17) is 4.74 Å². The van der Waals surface area contributed by atoms with Crippen molar-refractivity contribution in [2.75, 3.05) is 11.9 Å². The molecule has 2 aromatic rings. The molecule has 1 aromatic heterocycles. The maximum absolute atomic E-state index is 12.4. The summed E-state index contributed by atoms with van der Waals surface area (Å²) >= 11 is 0.